The molecule has 1 aromatic carbocycles. The minimum absolute atomic E-state index is 0.0204. The van der Waals surface area contributed by atoms with Crippen molar-refractivity contribution < 1.29 is 17.9 Å². The summed E-state index contributed by atoms with van der Waals surface area (Å²) in [6.07, 6.45) is 1.19. The molecule has 0 aliphatic carbocycles. The Balaban J connectivity index is 1.82. The van der Waals surface area contributed by atoms with Crippen LogP contribution in [0.4, 0.5) is 0 Å². The number of benzene rings is 1. The van der Waals surface area contributed by atoms with E-state index in [1.54, 1.807) is 0 Å². The van der Waals surface area contributed by atoms with E-state index in [0.717, 1.165) is 43.2 Å². The lowest BCUT2D eigenvalue weighted by Gasteiger charge is -2.38. The van der Waals surface area contributed by atoms with Gasteiger partial charge in [0.1, 0.15) is 0 Å². The van der Waals surface area contributed by atoms with E-state index >= 15 is 0 Å². The van der Waals surface area contributed by atoms with E-state index < -0.39 is 10.0 Å². The van der Waals surface area contributed by atoms with E-state index in [1.807, 2.05) is 18.2 Å². The highest BCUT2D eigenvalue weighted by Crippen LogP contribution is 2.35. The number of ether oxygens (including phenoxy) is 2. The lowest BCUT2D eigenvalue weighted by atomic mass is 10.0. The SMILES string of the molecule is CN1CCN([C@@H](CNS(C)(=O)=O)c2ccc3c(c2)OCO3)CC1. The second-order valence-corrected chi connectivity index (χ2v) is 7.92. The van der Waals surface area contributed by atoms with Crippen LogP contribution in [0.2, 0.25) is 0 Å². The molecule has 1 atom stereocenters. The van der Waals surface area contributed by atoms with Crippen molar-refractivity contribution in [2.75, 3.05) is 52.8 Å². The van der Waals surface area contributed by atoms with E-state index in [9.17, 15) is 8.42 Å². The second-order valence-electron chi connectivity index (χ2n) is 6.09. The predicted molar refractivity (Wildman–Crippen MR) is 87.2 cm³/mol. The third-order valence-corrected chi connectivity index (χ3v) is 4.99. The summed E-state index contributed by atoms with van der Waals surface area (Å²) in [5.41, 5.74) is 1.04. The summed E-state index contributed by atoms with van der Waals surface area (Å²) in [6, 6.07) is 5.81. The lowest BCUT2D eigenvalue weighted by molar-refractivity contribution is 0.112. The van der Waals surface area contributed by atoms with Gasteiger partial charge >= 0.3 is 0 Å². The average Bonchev–Trinajstić information content (AvgIpc) is 2.96. The molecule has 0 spiro atoms. The van der Waals surface area contributed by atoms with Gasteiger partial charge in [0.15, 0.2) is 11.5 Å². The Morgan fingerprint density at radius 1 is 1.17 bits per heavy atom. The van der Waals surface area contributed by atoms with Crippen molar-refractivity contribution in [3.8, 4) is 11.5 Å². The van der Waals surface area contributed by atoms with Gasteiger partial charge in [-0.15, -0.1) is 0 Å². The van der Waals surface area contributed by atoms with Crippen molar-refractivity contribution in [2.45, 2.75) is 6.04 Å². The van der Waals surface area contributed by atoms with Crippen LogP contribution in [-0.4, -0.2) is 71.0 Å². The summed E-state index contributed by atoms with van der Waals surface area (Å²) in [5, 5.41) is 0. The summed E-state index contributed by atoms with van der Waals surface area (Å²) in [5.74, 6) is 1.46. The molecule has 128 valence electrons. The molecule has 1 fully saturated rings. The molecule has 0 aromatic heterocycles. The van der Waals surface area contributed by atoms with E-state index in [1.165, 1.54) is 6.26 Å². The van der Waals surface area contributed by atoms with Crippen LogP contribution in [0.3, 0.4) is 0 Å². The van der Waals surface area contributed by atoms with Gasteiger partial charge in [0.2, 0.25) is 16.8 Å². The number of sulfonamides is 1. The van der Waals surface area contributed by atoms with Crippen LogP contribution in [-0.2, 0) is 10.0 Å². The molecular weight excluding hydrogens is 318 g/mol. The van der Waals surface area contributed by atoms with Gasteiger partial charge in [0.25, 0.3) is 0 Å². The van der Waals surface area contributed by atoms with Gasteiger partial charge in [0.05, 0.1) is 6.26 Å². The van der Waals surface area contributed by atoms with Crippen LogP contribution in [0.1, 0.15) is 11.6 Å². The van der Waals surface area contributed by atoms with Gasteiger partial charge in [-0.3, -0.25) is 4.90 Å². The highest BCUT2D eigenvalue weighted by atomic mass is 32.2. The molecule has 3 rings (SSSR count). The number of piperazine rings is 1. The molecule has 2 heterocycles. The Labute approximate surface area is 137 Å². The molecule has 1 N–H and O–H groups in total. The minimum Gasteiger partial charge on any atom is -0.454 e. The Kier molecular flexibility index (Phi) is 4.77. The fourth-order valence-electron chi connectivity index (χ4n) is 2.94. The molecule has 7 nitrogen and oxygen atoms in total. The van der Waals surface area contributed by atoms with Crippen LogP contribution in [0.5, 0.6) is 11.5 Å². The van der Waals surface area contributed by atoms with Crippen molar-refractivity contribution in [1.82, 2.24) is 14.5 Å². The van der Waals surface area contributed by atoms with Gasteiger partial charge in [-0.05, 0) is 24.7 Å². The van der Waals surface area contributed by atoms with Crippen molar-refractivity contribution in [3.05, 3.63) is 23.8 Å². The van der Waals surface area contributed by atoms with E-state index in [4.69, 9.17) is 9.47 Å². The minimum atomic E-state index is -3.23. The standard InChI is InChI=1S/C15H23N3O4S/c1-17-5-7-18(8-6-17)13(10-16-23(2,19)20)12-3-4-14-15(9-12)22-11-21-14/h3-4,9,13,16H,5-8,10-11H2,1-2H3/t13-/m0/s1. The van der Waals surface area contributed by atoms with Crippen molar-refractivity contribution in [1.29, 1.82) is 0 Å². The first-order valence-corrected chi connectivity index (χ1v) is 9.58. The summed E-state index contributed by atoms with van der Waals surface area (Å²) >= 11 is 0. The van der Waals surface area contributed by atoms with Gasteiger partial charge in [0, 0.05) is 38.8 Å². The topological polar surface area (TPSA) is 71.1 Å². The second kappa shape index (κ2) is 6.64. The monoisotopic (exact) mass is 341 g/mol. The molecule has 8 heteroatoms. The first-order valence-electron chi connectivity index (χ1n) is 7.69. The lowest BCUT2D eigenvalue weighted by Crippen LogP contribution is -2.48. The van der Waals surface area contributed by atoms with Crippen LogP contribution in [0, 0.1) is 0 Å². The van der Waals surface area contributed by atoms with Crippen molar-refractivity contribution in [2.24, 2.45) is 0 Å². The molecule has 0 radical (unpaired) electrons. The molecular formula is C15H23N3O4S. The van der Waals surface area contributed by atoms with Crippen LogP contribution in [0.25, 0.3) is 0 Å². The maximum atomic E-state index is 11.5. The third kappa shape index (κ3) is 4.14. The molecule has 2 aliphatic rings. The number of likely N-dealkylation sites (N-methyl/N-ethyl adjacent to an activating group) is 1. The predicted octanol–water partition coefficient (Wildman–Crippen LogP) is 0.253. The maximum Gasteiger partial charge on any atom is 0.231 e. The highest BCUT2D eigenvalue weighted by molar-refractivity contribution is 7.88. The smallest absolute Gasteiger partial charge is 0.231 e. The molecule has 1 saturated heterocycles. The fourth-order valence-corrected chi connectivity index (χ4v) is 3.40. The van der Waals surface area contributed by atoms with E-state index in [0.29, 0.717) is 6.54 Å². The normalized spacial score (nSPS) is 20.6. The molecule has 2 aliphatic heterocycles. The highest BCUT2D eigenvalue weighted by Gasteiger charge is 2.26. The number of hydrogen-bond acceptors (Lipinski definition) is 6. The maximum absolute atomic E-state index is 11.5. The molecule has 0 bridgehead atoms. The van der Waals surface area contributed by atoms with E-state index in [2.05, 4.69) is 21.6 Å². The molecule has 1 aromatic rings. The molecule has 0 saturated carbocycles. The van der Waals surface area contributed by atoms with Gasteiger partial charge in [-0.2, -0.15) is 0 Å². The number of hydrogen-bond donors (Lipinski definition) is 1. The largest absolute Gasteiger partial charge is 0.454 e. The summed E-state index contributed by atoms with van der Waals surface area (Å²) in [6.45, 7) is 4.34. The van der Waals surface area contributed by atoms with E-state index in [-0.39, 0.29) is 12.8 Å². The quantitative estimate of drug-likeness (QED) is 0.828. The van der Waals surface area contributed by atoms with Crippen LogP contribution < -0.4 is 14.2 Å². The third-order valence-electron chi connectivity index (χ3n) is 4.30. The summed E-state index contributed by atoms with van der Waals surface area (Å²) in [7, 11) is -1.13. The van der Waals surface area contributed by atoms with Crippen molar-refractivity contribution >= 4 is 10.0 Å². The number of fused-ring (bicyclic) bond motifs is 1. The van der Waals surface area contributed by atoms with Crippen molar-refractivity contribution in [3.63, 3.8) is 0 Å². The Hall–Kier alpha value is -1.35. The first kappa shape index (κ1) is 16.5. The zero-order valence-corrected chi connectivity index (χ0v) is 14.3. The van der Waals surface area contributed by atoms with Gasteiger partial charge < -0.3 is 14.4 Å². The Morgan fingerprint density at radius 2 is 1.87 bits per heavy atom. The first-order chi connectivity index (χ1) is 10.9. The van der Waals surface area contributed by atoms with Crippen LogP contribution in [0.15, 0.2) is 18.2 Å². The Bertz CT molecular complexity index is 657. The molecule has 0 unspecified atom stereocenters. The average molecular weight is 341 g/mol. The fraction of sp³-hybridized carbons (Fsp3) is 0.600. The summed E-state index contributed by atoms with van der Waals surface area (Å²) in [4.78, 5) is 4.59. The van der Waals surface area contributed by atoms with Gasteiger partial charge in [-0.1, -0.05) is 6.07 Å². The zero-order chi connectivity index (χ0) is 16.4. The molecule has 0 amide bonds. The van der Waals surface area contributed by atoms with Crippen LogP contribution >= 0.6 is 0 Å². The van der Waals surface area contributed by atoms with Gasteiger partial charge in [-0.25, -0.2) is 13.1 Å². The molecule has 23 heavy (non-hydrogen) atoms. The number of nitrogens with one attached hydrogen (secondary N) is 1. The zero-order valence-electron chi connectivity index (χ0n) is 13.5. The number of nitrogens with zero attached hydrogens (tertiary/aromatic N) is 2. The number of rotatable bonds is 5. The Morgan fingerprint density at radius 3 is 2.57 bits per heavy atom. The summed E-state index contributed by atoms with van der Waals surface area (Å²) < 4.78 is 36.5.